The van der Waals surface area contributed by atoms with Crippen molar-refractivity contribution in [2.45, 2.75) is 53.7 Å². The maximum absolute atomic E-state index is 13.9. The fraction of sp³-hybridized carbons (Fsp3) is 0.321. The number of anilines is 6. The molecule has 30 heteroatoms. The molecule has 0 atom stereocenters. The molecule has 0 spiro atoms. The summed E-state index contributed by atoms with van der Waals surface area (Å²) in [7, 11) is 12.4. The van der Waals surface area contributed by atoms with Crippen LogP contribution in [-0.4, -0.2) is 96.5 Å². The SMILES string of the molecule is CC(=O)OCc1c(-c2cc(Nc3cn(C)cn3)c(=O)n(C)c2)ccnc1N1CCn2c(cc3c2CC(C)(C)C3)C1=O.CCO.Cn1cc(Br)cc(Br)c1=O.Cn1cnc(N)c1.Cn1cnc(Nc2cc(Br)cn(C)c2=O)c1.Cn1cnc([N+](=O)[O-])c1. The fourth-order valence-corrected chi connectivity index (χ4v) is 10.8. The number of aryl methyl sites for hydroxylation is 7. The number of esters is 1. The van der Waals surface area contributed by atoms with Gasteiger partial charge in [0.2, 0.25) is 6.33 Å². The summed E-state index contributed by atoms with van der Waals surface area (Å²) in [5, 5.41) is 23.6. The van der Waals surface area contributed by atoms with Crippen LogP contribution in [0.3, 0.4) is 0 Å². The van der Waals surface area contributed by atoms with Gasteiger partial charge in [-0.1, -0.05) is 13.8 Å². The van der Waals surface area contributed by atoms with Gasteiger partial charge in [-0.2, -0.15) is 0 Å². The molecule has 2 aliphatic rings. The molecule has 9 aromatic rings. The first kappa shape index (κ1) is 66.4. The molecule has 10 heterocycles. The first-order valence-electron chi connectivity index (χ1n) is 26.3. The Hall–Kier alpha value is -8.74. The van der Waals surface area contributed by atoms with Crippen molar-refractivity contribution in [2.75, 3.05) is 34.4 Å². The predicted octanol–water partition coefficient (Wildman–Crippen LogP) is 7.44. The molecule has 0 saturated carbocycles. The summed E-state index contributed by atoms with van der Waals surface area (Å²) in [6.45, 7) is 8.81. The lowest BCUT2D eigenvalue weighted by atomic mass is 9.90. The smallest absolute Gasteiger partial charge is 0.381 e. The number of nitrogens with zero attached hydrogens (tertiary/aromatic N) is 15. The molecule has 9 aromatic heterocycles. The van der Waals surface area contributed by atoms with Crippen LogP contribution in [0.1, 0.15) is 55.0 Å². The second-order valence-corrected chi connectivity index (χ2v) is 23.3. The third-order valence-corrected chi connectivity index (χ3v) is 14.1. The lowest BCUT2D eigenvalue weighted by Gasteiger charge is -2.31. The number of aliphatic hydroxyl groups excluding tert-OH is 1. The van der Waals surface area contributed by atoms with Crippen molar-refractivity contribution in [3.8, 4) is 11.1 Å². The third kappa shape index (κ3) is 17.7. The number of nitrogen functional groups attached to an aromatic ring is 1. The van der Waals surface area contributed by atoms with E-state index >= 15 is 0 Å². The summed E-state index contributed by atoms with van der Waals surface area (Å²) in [5.41, 5.74) is 11.1. The fourth-order valence-electron chi connectivity index (χ4n) is 8.91. The van der Waals surface area contributed by atoms with Gasteiger partial charge in [0, 0.05) is 145 Å². The number of pyridine rings is 4. The van der Waals surface area contributed by atoms with Crippen LogP contribution in [0.2, 0.25) is 0 Å². The zero-order valence-electron chi connectivity index (χ0n) is 49.2. The molecule has 1 aliphatic heterocycles. The highest BCUT2D eigenvalue weighted by Gasteiger charge is 2.38. The van der Waals surface area contributed by atoms with E-state index < -0.39 is 10.9 Å². The Kier molecular flexibility index (Phi) is 22.7. The molecule has 0 aromatic carbocycles. The average molecular weight is 1380 g/mol. The molecule has 1 aliphatic carbocycles. The summed E-state index contributed by atoms with van der Waals surface area (Å²) >= 11 is 9.73. The zero-order valence-corrected chi connectivity index (χ0v) is 53.9. The minimum absolute atomic E-state index is 0.0248. The topological polar surface area (TPSA) is 315 Å². The average Bonchev–Trinajstić information content (AvgIpc) is 1.65. The summed E-state index contributed by atoms with van der Waals surface area (Å²) < 4.78 is 21.3. The van der Waals surface area contributed by atoms with Gasteiger partial charge in [0.15, 0.2) is 0 Å². The molecule has 11 rings (SSSR count). The van der Waals surface area contributed by atoms with E-state index in [1.807, 2.05) is 31.8 Å². The number of rotatable bonds is 9. The molecule has 1 amide bonds. The Labute approximate surface area is 519 Å². The van der Waals surface area contributed by atoms with E-state index in [0.717, 1.165) is 21.8 Å². The summed E-state index contributed by atoms with van der Waals surface area (Å²) in [6.07, 6.45) is 21.7. The number of carbonyl (C=O) groups is 2. The zero-order chi connectivity index (χ0) is 63.3. The molecule has 27 nitrogen and oxygen atoms in total. The van der Waals surface area contributed by atoms with E-state index in [1.165, 1.54) is 49.0 Å². The Morgan fingerprint density at radius 2 is 1.26 bits per heavy atom. The second kappa shape index (κ2) is 29.4. The van der Waals surface area contributed by atoms with Crippen molar-refractivity contribution in [3.63, 3.8) is 0 Å². The lowest BCUT2D eigenvalue weighted by Crippen LogP contribution is -2.41. The number of imidazole rings is 4. The number of carbonyl (C=O) groups excluding carboxylic acids is 2. The Morgan fingerprint density at radius 1 is 0.721 bits per heavy atom. The van der Waals surface area contributed by atoms with E-state index in [0.29, 0.717) is 74.6 Å². The normalized spacial score (nSPS) is 12.5. The van der Waals surface area contributed by atoms with Crippen molar-refractivity contribution in [2.24, 2.45) is 54.7 Å². The van der Waals surface area contributed by atoms with Crippen molar-refractivity contribution >= 4 is 100 Å². The van der Waals surface area contributed by atoms with Crippen LogP contribution in [0.25, 0.3) is 11.1 Å². The van der Waals surface area contributed by atoms with Crippen LogP contribution in [0, 0.1) is 15.5 Å². The van der Waals surface area contributed by atoms with Gasteiger partial charge in [0.25, 0.3) is 22.6 Å². The standard InChI is InChI=1S/C30H33N7O4.C10H11BrN4O.C6H5Br2NO.C4H5N3O2.C4H7N3.C2H6O/c1-18(38)41-16-22-21(20-10-23(28(39)35(5)14-20)33-26-15-34(4)17-32-26)6-7-31-27(22)37-9-8-36-24(29(37)40)11-19-12-30(2,3)13-25(19)36;1-14-5-9(12-6-14)13-8-3-7(11)4-15(2)10(8)16;1-9-3-4(7)2-5(8)6(9)10;1-6-2-4(5-3-6)7(8)9;1-7-2-4(5)6-3-7;1-2-3/h6-7,10-11,14-15,17,33H,8-9,12-13,16H2,1-5H3;3-6,13H,1-2H3;2-3H,1H3;2-3H,1H3;2-3H,5H2,1H3;3H,2H2,1H3. The van der Waals surface area contributed by atoms with E-state index in [1.54, 1.807) is 136 Å². The maximum atomic E-state index is 13.9. The van der Waals surface area contributed by atoms with Crippen LogP contribution < -0.4 is 37.9 Å². The Balaban J connectivity index is 0.000000211. The van der Waals surface area contributed by atoms with Gasteiger partial charge in [-0.15, -0.1) is 0 Å². The Bertz CT molecular complexity index is 4010. The number of aromatic nitrogens is 13. The molecule has 0 fully saturated rings. The van der Waals surface area contributed by atoms with Crippen molar-refractivity contribution in [3.05, 3.63) is 182 Å². The molecule has 0 radical (unpaired) electrons. The number of nitro groups is 1. The highest BCUT2D eigenvalue weighted by atomic mass is 79.9. The molecule has 0 bridgehead atoms. The minimum atomic E-state index is -0.528. The van der Waals surface area contributed by atoms with Crippen LogP contribution in [0.15, 0.2) is 133 Å². The van der Waals surface area contributed by atoms with Gasteiger partial charge in [-0.05, 0) is 124 Å². The first-order chi connectivity index (χ1) is 40.6. The number of nitrogens with one attached hydrogen (secondary N) is 2. The number of ether oxygens (including phenoxy) is 1. The lowest BCUT2D eigenvalue weighted by molar-refractivity contribution is -0.389. The van der Waals surface area contributed by atoms with E-state index in [4.69, 9.17) is 15.6 Å². The highest BCUT2D eigenvalue weighted by Crippen LogP contribution is 2.40. The number of amides is 1. The first-order valence-corrected chi connectivity index (χ1v) is 28.7. The molecule has 0 unspecified atom stereocenters. The summed E-state index contributed by atoms with van der Waals surface area (Å²) in [4.78, 5) is 92.8. The van der Waals surface area contributed by atoms with Gasteiger partial charge in [-0.3, -0.25) is 28.9 Å². The van der Waals surface area contributed by atoms with E-state index in [9.17, 15) is 34.1 Å². The van der Waals surface area contributed by atoms with E-state index in [2.05, 4.69) is 102 Å². The monoisotopic (exact) mass is 1370 g/mol. The third-order valence-electron chi connectivity index (χ3n) is 12.6. The summed E-state index contributed by atoms with van der Waals surface area (Å²) in [5.74, 6) is 1.51. The molecule has 0 saturated heterocycles. The molecular weight excluding hydrogens is 1310 g/mol. The molecule has 456 valence electrons. The van der Waals surface area contributed by atoms with Crippen molar-refractivity contribution in [1.82, 2.24) is 61.5 Å². The van der Waals surface area contributed by atoms with Gasteiger partial charge in [-0.25, -0.2) is 19.9 Å². The second-order valence-electron chi connectivity index (χ2n) is 20.6. The number of aliphatic hydroxyl groups is 1. The van der Waals surface area contributed by atoms with Gasteiger partial charge >= 0.3 is 11.8 Å². The van der Waals surface area contributed by atoms with Crippen molar-refractivity contribution in [1.29, 1.82) is 0 Å². The predicted molar refractivity (Wildman–Crippen MR) is 337 cm³/mol. The highest BCUT2D eigenvalue weighted by molar-refractivity contribution is 9.11. The largest absolute Gasteiger partial charge is 0.461 e. The molecule has 86 heavy (non-hydrogen) atoms. The number of halogens is 3. The van der Waals surface area contributed by atoms with Crippen LogP contribution >= 0.6 is 47.8 Å². The number of hydrogen-bond donors (Lipinski definition) is 4. The van der Waals surface area contributed by atoms with Gasteiger partial charge < -0.3 is 72.9 Å². The number of hydrogen-bond acceptors (Lipinski definition) is 17. The molecular formula is C56H67Br3N18O9. The minimum Gasteiger partial charge on any atom is -0.461 e. The maximum Gasteiger partial charge on any atom is 0.381 e. The molecule has 5 N–H and O–H groups in total. The Morgan fingerprint density at radius 3 is 1.74 bits per heavy atom. The van der Waals surface area contributed by atoms with Gasteiger partial charge in [0.05, 0.1) is 23.5 Å². The number of fused-ring (bicyclic) bond motifs is 3. The summed E-state index contributed by atoms with van der Waals surface area (Å²) in [6, 6.07) is 9.03. The van der Waals surface area contributed by atoms with Crippen molar-refractivity contribution < 1.29 is 24.4 Å². The van der Waals surface area contributed by atoms with Crippen LogP contribution in [0.4, 0.5) is 40.5 Å². The van der Waals surface area contributed by atoms with E-state index in [-0.39, 0.29) is 47.0 Å². The quantitative estimate of drug-likeness (QED) is 0.0620. The number of nitrogens with two attached hydrogens (primary N) is 1. The van der Waals surface area contributed by atoms with Crippen LogP contribution in [0.5, 0.6) is 0 Å². The van der Waals surface area contributed by atoms with Crippen LogP contribution in [-0.2, 0) is 84.9 Å². The van der Waals surface area contributed by atoms with Gasteiger partial charge in [0.1, 0.15) is 53.1 Å².